The number of amides is 2. The molecular formula is C24H28F2N6O2. The van der Waals surface area contributed by atoms with Crippen LogP contribution in [0, 0.1) is 5.92 Å². The van der Waals surface area contributed by atoms with Crippen LogP contribution >= 0.6 is 0 Å². The average Bonchev–Trinajstić information content (AvgIpc) is 2.76. The first kappa shape index (κ1) is 24.9. The molecule has 2 amide bonds. The smallest absolute Gasteiger partial charge is 0.281 e. The van der Waals surface area contributed by atoms with Crippen molar-refractivity contribution in [3.63, 3.8) is 0 Å². The van der Waals surface area contributed by atoms with Crippen LogP contribution < -0.4 is 16.0 Å². The molecule has 0 saturated heterocycles. The minimum Gasteiger partial charge on any atom is -0.365 e. The summed E-state index contributed by atoms with van der Waals surface area (Å²) >= 11 is 0. The van der Waals surface area contributed by atoms with E-state index in [9.17, 15) is 18.4 Å². The van der Waals surface area contributed by atoms with Crippen LogP contribution in [0.2, 0.25) is 0 Å². The Hall–Kier alpha value is -3.69. The Kier molecular flexibility index (Phi) is 7.38. The summed E-state index contributed by atoms with van der Waals surface area (Å²) in [4.78, 5) is 37.3. The number of carbonyl (C=O) groups is 2. The molecule has 3 aromatic rings. The highest BCUT2D eigenvalue weighted by atomic mass is 19.3. The van der Waals surface area contributed by atoms with Gasteiger partial charge in [-0.15, -0.1) is 0 Å². The van der Waals surface area contributed by atoms with E-state index >= 15 is 0 Å². The van der Waals surface area contributed by atoms with Crippen LogP contribution in [0.5, 0.6) is 0 Å². The van der Waals surface area contributed by atoms with Gasteiger partial charge < -0.3 is 16.0 Å². The summed E-state index contributed by atoms with van der Waals surface area (Å²) in [6.07, 6.45) is -0.345. The van der Waals surface area contributed by atoms with Crippen molar-refractivity contribution in [2.45, 2.75) is 53.1 Å². The molecule has 0 aliphatic heterocycles. The summed E-state index contributed by atoms with van der Waals surface area (Å²) in [5.41, 5.74) is 0.0707. The number of fused-ring (bicyclic) bond motifs is 1. The maximum absolute atomic E-state index is 13.6. The number of hydrogen-bond acceptors (Lipinski definition) is 6. The Bertz CT molecular complexity index is 1210. The predicted octanol–water partition coefficient (Wildman–Crippen LogP) is 4.70. The zero-order chi connectivity index (χ0) is 25.0. The van der Waals surface area contributed by atoms with Gasteiger partial charge in [0.2, 0.25) is 5.91 Å². The molecule has 8 nitrogen and oxygen atoms in total. The summed E-state index contributed by atoms with van der Waals surface area (Å²) in [6.45, 7) is 9.51. The third kappa shape index (κ3) is 6.00. The summed E-state index contributed by atoms with van der Waals surface area (Å²) in [5.74, 6) is -0.594. The molecule has 0 unspecified atom stereocenters. The first-order valence-corrected chi connectivity index (χ1v) is 10.8. The highest BCUT2D eigenvalue weighted by molar-refractivity contribution is 6.10. The lowest BCUT2D eigenvalue weighted by Crippen LogP contribution is -2.27. The maximum atomic E-state index is 13.6. The van der Waals surface area contributed by atoms with Gasteiger partial charge in [-0.2, -0.15) is 0 Å². The third-order valence-corrected chi connectivity index (χ3v) is 4.82. The van der Waals surface area contributed by atoms with Crippen LogP contribution in [-0.2, 0) is 11.3 Å². The molecule has 2 aromatic heterocycles. The highest BCUT2D eigenvalue weighted by Crippen LogP contribution is 2.29. The van der Waals surface area contributed by atoms with Crippen LogP contribution in [0.3, 0.4) is 0 Å². The number of anilines is 2. The van der Waals surface area contributed by atoms with Crippen LogP contribution in [0.1, 0.15) is 62.7 Å². The number of aromatic nitrogens is 3. The number of halogens is 2. The van der Waals surface area contributed by atoms with Crippen molar-refractivity contribution in [3.8, 4) is 0 Å². The largest absolute Gasteiger partial charge is 0.365 e. The Labute approximate surface area is 196 Å². The number of nitrogens with one attached hydrogen (secondary N) is 3. The lowest BCUT2D eigenvalue weighted by molar-refractivity contribution is -0.124. The van der Waals surface area contributed by atoms with E-state index in [-0.39, 0.29) is 29.5 Å². The molecule has 1 aromatic carbocycles. The molecule has 2 heterocycles. The highest BCUT2D eigenvalue weighted by Gasteiger charge is 2.22. The molecule has 0 saturated carbocycles. The van der Waals surface area contributed by atoms with Crippen LogP contribution in [0.4, 0.5) is 20.3 Å². The van der Waals surface area contributed by atoms with E-state index in [0.717, 1.165) is 0 Å². The van der Waals surface area contributed by atoms with E-state index in [4.69, 9.17) is 0 Å². The molecular weight excluding hydrogens is 442 g/mol. The normalized spacial score (nSPS) is 11.7. The number of benzene rings is 1. The van der Waals surface area contributed by atoms with Crippen molar-refractivity contribution in [1.82, 2.24) is 20.3 Å². The topological polar surface area (TPSA) is 109 Å². The SMILES string of the molecule is CC(C)C(=O)NCc1cnc(C(F)F)c(C(=O)Nc2cccc3c(NC(C)(C)C)ncnc23)c1. The van der Waals surface area contributed by atoms with Crippen molar-refractivity contribution in [3.05, 3.63) is 53.6 Å². The number of rotatable bonds is 7. The second-order valence-electron chi connectivity index (χ2n) is 9.20. The number of hydrogen-bond donors (Lipinski definition) is 3. The van der Waals surface area contributed by atoms with Crippen LogP contribution in [0.25, 0.3) is 10.9 Å². The fraction of sp³-hybridized carbons (Fsp3) is 0.375. The van der Waals surface area contributed by atoms with E-state index in [1.54, 1.807) is 26.0 Å². The molecule has 3 N–H and O–H groups in total. The van der Waals surface area contributed by atoms with Gasteiger partial charge in [0.15, 0.2) is 0 Å². The van der Waals surface area contributed by atoms with Gasteiger partial charge in [-0.25, -0.2) is 18.7 Å². The van der Waals surface area contributed by atoms with Crippen molar-refractivity contribution >= 4 is 34.2 Å². The lowest BCUT2D eigenvalue weighted by atomic mass is 10.1. The number of para-hydroxylation sites is 1. The molecule has 0 atom stereocenters. The van der Waals surface area contributed by atoms with Crippen LogP contribution in [0.15, 0.2) is 36.8 Å². The van der Waals surface area contributed by atoms with Gasteiger partial charge in [0, 0.05) is 29.6 Å². The quantitative estimate of drug-likeness (QED) is 0.462. The second kappa shape index (κ2) is 10.1. The number of carbonyl (C=O) groups excluding carboxylic acids is 2. The summed E-state index contributed by atoms with van der Waals surface area (Å²) < 4.78 is 27.2. The van der Waals surface area contributed by atoms with Gasteiger partial charge in [-0.05, 0) is 44.5 Å². The zero-order valence-electron chi connectivity index (χ0n) is 19.7. The van der Waals surface area contributed by atoms with E-state index < -0.39 is 18.0 Å². The number of nitrogens with zero attached hydrogens (tertiary/aromatic N) is 3. The van der Waals surface area contributed by atoms with Gasteiger partial charge >= 0.3 is 0 Å². The molecule has 0 radical (unpaired) electrons. The molecule has 10 heteroatoms. The van der Waals surface area contributed by atoms with Gasteiger partial charge in [0.1, 0.15) is 17.8 Å². The Morgan fingerprint density at radius 3 is 2.47 bits per heavy atom. The minimum absolute atomic E-state index is 0.0666. The second-order valence-corrected chi connectivity index (χ2v) is 9.20. The molecule has 180 valence electrons. The number of alkyl halides is 2. The fourth-order valence-corrected chi connectivity index (χ4v) is 3.20. The van der Waals surface area contributed by atoms with E-state index in [2.05, 4.69) is 30.9 Å². The Morgan fingerprint density at radius 2 is 1.82 bits per heavy atom. The van der Waals surface area contributed by atoms with Crippen molar-refractivity contribution in [2.75, 3.05) is 10.6 Å². The van der Waals surface area contributed by atoms with Crippen LogP contribution in [-0.4, -0.2) is 32.3 Å². The fourth-order valence-electron chi connectivity index (χ4n) is 3.20. The first-order chi connectivity index (χ1) is 16.0. The molecule has 0 bridgehead atoms. The predicted molar refractivity (Wildman–Crippen MR) is 127 cm³/mol. The van der Waals surface area contributed by atoms with Crippen molar-refractivity contribution < 1.29 is 18.4 Å². The minimum atomic E-state index is -2.95. The summed E-state index contributed by atoms with van der Waals surface area (Å²) in [5, 5.41) is 9.33. The lowest BCUT2D eigenvalue weighted by Gasteiger charge is -2.22. The van der Waals surface area contributed by atoms with Crippen molar-refractivity contribution in [1.29, 1.82) is 0 Å². The molecule has 0 fully saturated rings. The standard InChI is InChI=1S/C24H28F2N6O2/c1-13(2)22(33)28-11-14-9-16(19(20(25)26)27-10-14)23(34)31-17-8-6-7-15-18(17)29-12-30-21(15)32-24(3,4)5/h6-10,12-13,20H,11H2,1-5H3,(H,28,33)(H,31,34)(H,29,30,32). The van der Waals surface area contributed by atoms with E-state index in [0.29, 0.717) is 28.0 Å². The van der Waals surface area contributed by atoms with E-state index in [1.807, 2.05) is 26.8 Å². The zero-order valence-corrected chi connectivity index (χ0v) is 19.7. The molecule has 3 rings (SSSR count). The van der Waals surface area contributed by atoms with Gasteiger partial charge in [0.05, 0.1) is 16.8 Å². The van der Waals surface area contributed by atoms with Crippen molar-refractivity contribution in [2.24, 2.45) is 5.92 Å². The maximum Gasteiger partial charge on any atom is 0.281 e. The van der Waals surface area contributed by atoms with Gasteiger partial charge in [-0.3, -0.25) is 14.6 Å². The Balaban J connectivity index is 1.93. The monoisotopic (exact) mass is 470 g/mol. The van der Waals surface area contributed by atoms with Gasteiger partial charge in [-0.1, -0.05) is 19.9 Å². The summed E-state index contributed by atoms with van der Waals surface area (Å²) in [6, 6.07) is 6.48. The average molecular weight is 471 g/mol. The molecule has 0 aliphatic carbocycles. The first-order valence-electron chi connectivity index (χ1n) is 10.8. The molecule has 34 heavy (non-hydrogen) atoms. The van der Waals surface area contributed by atoms with E-state index in [1.165, 1.54) is 18.6 Å². The molecule has 0 aliphatic rings. The summed E-state index contributed by atoms with van der Waals surface area (Å²) in [7, 11) is 0. The third-order valence-electron chi connectivity index (χ3n) is 4.82. The van der Waals surface area contributed by atoms with Gasteiger partial charge in [0.25, 0.3) is 12.3 Å². The molecule has 0 spiro atoms. The number of pyridine rings is 1. The Morgan fingerprint density at radius 1 is 1.09 bits per heavy atom.